The third-order valence-corrected chi connectivity index (χ3v) is 4.03. The number of carbonyl (C=O) groups is 1. The smallest absolute Gasteiger partial charge is 0.220 e. The van der Waals surface area contributed by atoms with Crippen molar-refractivity contribution in [2.24, 2.45) is 5.92 Å². The average molecular weight is 286 g/mol. The van der Waals surface area contributed by atoms with Crippen LogP contribution in [-0.2, 0) is 11.3 Å². The molecular weight excluding hydrogens is 269 g/mol. The van der Waals surface area contributed by atoms with E-state index in [9.17, 15) is 4.79 Å². The van der Waals surface area contributed by atoms with E-state index in [0.717, 1.165) is 5.56 Å². The molecule has 0 heterocycles. The molecule has 0 atom stereocenters. The quantitative estimate of drug-likeness (QED) is 0.883. The second-order valence-electron chi connectivity index (χ2n) is 4.87. The highest BCUT2D eigenvalue weighted by atomic mass is 35.5. The van der Waals surface area contributed by atoms with Gasteiger partial charge in [-0.1, -0.05) is 42.1 Å². The molecule has 4 heteroatoms. The van der Waals surface area contributed by atoms with Gasteiger partial charge in [-0.25, -0.2) is 0 Å². The van der Waals surface area contributed by atoms with Gasteiger partial charge in [-0.2, -0.15) is 0 Å². The molecule has 1 aromatic carbocycles. The summed E-state index contributed by atoms with van der Waals surface area (Å²) in [6, 6.07) is 5.33. The Morgan fingerprint density at radius 1 is 1.28 bits per heavy atom. The van der Waals surface area contributed by atoms with E-state index < -0.39 is 0 Å². The van der Waals surface area contributed by atoms with Gasteiger partial charge in [0.25, 0.3) is 0 Å². The molecule has 0 radical (unpaired) electrons. The van der Waals surface area contributed by atoms with Crippen LogP contribution in [0.25, 0.3) is 0 Å². The molecule has 0 bridgehead atoms. The third-order valence-electron chi connectivity index (χ3n) is 3.44. The zero-order chi connectivity index (χ0) is 13.0. The lowest BCUT2D eigenvalue weighted by Gasteiger charge is -2.10. The first-order valence-corrected chi connectivity index (χ1v) is 7.11. The summed E-state index contributed by atoms with van der Waals surface area (Å²) in [5, 5.41) is 4.13. The van der Waals surface area contributed by atoms with Crippen LogP contribution in [0.15, 0.2) is 18.2 Å². The van der Waals surface area contributed by atoms with Crippen molar-refractivity contribution in [3.63, 3.8) is 0 Å². The Hall–Kier alpha value is -0.730. The highest BCUT2D eigenvalue weighted by molar-refractivity contribution is 6.35. The monoisotopic (exact) mass is 285 g/mol. The molecule has 1 aliphatic rings. The molecule has 1 amide bonds. The Labute approximate surface area is 118 Å². The van der Waals surface area contributed by atoms with E-state index in [1.54, 1.807) is 12.1 Å². The first-order valence-electron chi connectivity index (χ1n) is 6.36. The minimum Gasteiger partial charge on any atom is -0.352 e. The second-order valence-corrected chi connectivity index (χ2v) is 5.71. The van der Waals surface area contributed by atoms with Crippen molar-refractivity contribution < 1.29 is 4.79 Å². The Morgan fingerprint density at radius 2 is 2.00 bits per heavy atom. The van der Waals surface area contributed by atoms with Gasteiger partial charge < -0.3 is 5.32 Å². The van der Waals surface area contributed by atoms with E-state index >= 15 is 0 Å². The summed E-state index contributed by atoms with van der Waals surface area (Å²) < 4.78 is 0. The van der Waals surface area contributed by atoms with Crippen molar-refractivity contribution >= 4 is 29.1 Å². The molecule has 0 aromatic heterocycles. The number of hydrogen-bond acceptors (Lipinski definition) is 1. The van der Waals surface area contributed by atoms with Crippen LogP contribution in [0.5, 0.6) is 0 Å². The summed E-state index contributed by atoms with van der Waals surface area (Å²) in [5.74, 6) is 0.693. The molecule has 1 saturated carbocycles. The lowest BCUT2D eigenvalue weighted by molar-refractivity contribution is -0.122. The van der Waals surface area contributed by atoms with E-state index in [-0.39, 0.29) is 5.91 Å². The summed E-state index contributed by atoms with van der Waals surface area (Å²) in [6.45, 7) is 0.474. The van der Waals surface area contributed by atoms with Crippen molar-refractivity contribution in [3.05, 3.63) is 33.8 Å². The molecule has 98 valence electrons. The minimum absolute atomic E-state index is 0.118. The van der Waals surface area contributed by atoms with Crippen LogP contribution in [0, 0.1) is 5.92 Å². The van der Waals surface area contributed by atoms with E-state index in [1.807, 2.05) is 6.07 Å². The fraction of sp³-hybridized carbons (Fsp3) is 0.500. The van der Waals surface area contributed by atoms with Crippen LogP contribution >= 0.6 is 23.2 Å². The molecule has 1 N–H and O–H groups in total. The number of benzene rings is 1. The van der Waals surface area contributed by atoms with Gasteiger partial charge in [0.1, 0.15) is 0 Å². The first-order chi connectivity index (χ1) is 8.65. The summed E-state index contributed by atoms with van der Waals surface area (Å²) in [7, 11) is 0. The van der Waals surface area contributed by atoms with Gasteiger partial charge in [-0.05, 0) is 36.5 Å². The van der Waals surface area contributed by atoms with Crippen LogP contribution < -0.4 is 5.32 Å². The molecule has 0 saturated heterocycles. The van der Waals surface area contributed by atoms with Gasteiger partial charge in [-0.15, -0.1) is 0 Å². The number of halogens is 2. The predicted molar refractivity (Wildman–Crippen MR) is 74.9 cm³/mol. The molecule has 2 nitrogen and oxygen atoms in total. The van der Waals surface area contributed by atoms with Crippen molar-refractivity contribution in [3.8, 4) is 0 Å². The molecule has 1 aromatic rings. The Balaban J connectivity index is 1.81. The molecule has 1 fully saturated rings. The van der Waals surface area contributed by atoms with E-state index in [2.05, 4.69) is 5.32 Å². The normalized spacial score (nSPS) is 15.9. The molecule has 1 aliphatic carbocycles. The number of rotatable bonds is 4. The molecule has 0 unspecified atom stereocenters. The fourth-order valence-corrected chi connectivity index (χ4v) is 2.88. The molecular formula is C14H17Cl2NO. The van der Waals surface area contributed by atoms with Crippen molar-refractivity contribution in [1.29, 1.82) is 0 Å². The van der Waals surface area contributed by atoms with Gasteiger partial charge in [0.05, 0.1) is 0 Å². The minimum atomic E-state index is 0.118. The fourth-order valence-electron chi connectivity index (χ4n) is 2.41. The summed E-state index contributed by atoms with van der Waals surface area (Å²) in [4.78, 5) is 11.8. The number of carbonyl (C=O) groups excluding carboxylic acids is 1. The van der Waals surface area contributed by atoms with Crippen LogP contribution in [-0.4, -0.2) is 5.91 Å². The van der Waals surface area contributed by atoms with Gasteiger partial charge in [0, 0.05) is 23.0 Å². The van der Waals surface area contributed by atoms with Gasteiger partial charge >= 0.3 is 0 Å². The molecule has 18 heavy (non-hydrogen) atoms. The van der Waals surface area contributed by atoms with Crippen LogP contribution in [0.3, 0.4) is 0 Å². The molecule has 0 aliphatic heterocycles. The maximum atomic E-state index is 11.8. The Kier molecular flexibility index (Phi) is 4.90. The van der Waals surface area contributed by atoms with E-state index in [0.29, 0.717) is 28.9 Å². The van der Waals surface area contributed by atoms with Gasteiger partial charge in [-0.3, -0.25) is 4.79 Å². The zero-order valence-corrected chi connectivity index (χ0v) is 11.7. The van der Waals surface area contributed by atoms with Crippen LogP contribution in [0.2, 0.25) is 10.0 Å². The van der Waals surface area contributed by atoms with E-state index in [4.69, 9.17) is 23.2 Å². The Morgan fingerprint density at radius 3 is 2.67 bits per heavy atom. The third kappa shape index (κ3) is 3.89. The maximum absolute atomic E-state index is 11.8. The SMILES string of the molecule is O=C(CC1CCCC1)NCc1ccc(Cl)cc1Cl. The van der Waals surface area contributed by atoms with Gasteiger partial charge in [0.2, 0.25) is 5.91 Å². The highest BCUT2D eigenvalue weighted by Crippen LogP contribution is 2.27. The zero-order valence-electron chi connectivity index (χ0n) is 10.2. The summed E-state index contributed by atoms with van der Waals surface area (Å²) in [6.07, 6.45) is 5.55. The topological polar surface area (TPSA) is 29.1 Å². The lowest BCUT2D eigenvalue weighted by atomic mass is 10.0. The molecule has 0 spiro atoms. The van der Waals surface area contributed by atoms with Gasteiger partial charge in [0.15, 0.2) is 0 Å². The molecule has 2 rings (SSSR count). The number of nitrogens with one attached hydrogen (secondary N) is 1. The first kappa shape index (κ1) is 13.7. The van der Waals surface area contributed by atoms with Crippen molar-refractivity contribution in [2.75, 3.05) is 0 Å². The van der Waals surface area contributed by atoms with Crippen molar-refractivity contribution in [1.82, 2.24) is 5.32 Å². The average Bonchev–Trinajstić information content (AvgIpc) is 2.80. The second kappa shape index (κ2) is 6.44. The van der Waals surface area contributed by atoms with Crippen LogP contribution in [0.1, 0.15) is 37.7 Å². The highest BCUT2D eigenvalue weighted by Gasteiger charge is 2.18. The van der Waals surface area contributed by atoms with Crippen LogP contribution in [0.4, 0.5) is 0 Å². The van der Waals surface area contributed by atoms with Crippen molar-refractivity contribution in [2.45, 2.75) is 38.6 Å². The largest absolute Gasteiger partial charge is 0.352 e. The number of amides is 1. The van der Waals surface area contributed by atoms with E-state index in [1.165, 1.54) is 25.7 Å². The predicted octanol–water partition coefficient (Wildman–Crippen LogP) is 4.19. The summed E-state index contributed by atoms with van der Waals surface area (Å²) >= 11 is 11.9. The standard InChI is InChI=1S/C14H17Cl2NO/c15-12-6-5-11(13(16)8-12)9-17-14(18)7-10-3-1-2-4-10/h5-6,8,10H,1-4,7,9H2,(H,17,18). The summed E-state index contributed by atoms with van der Waals surface area (Å²) in [5.41, 5.74) is 0.904. The Bertz CT molecular complexity index is 428. The number of hydrogen-bond donors (Lipinski definition) is 1. The lowest BCUT2D eigenvalue weighted by Crippen LogP contribution is -2.24. The maximum Gasteiger partial charge on any atom is 0.220 e.